The molecule has 110 valence electrons. The average Bonchev–Trinajstić information content (AvgIpc) is 2.25. The minimum atomic E-state index is -0.269. The number of ether oxygens (including phenoxy) is 1. The summed E-state index contributed by atoms with van der Waals surface area (Å²) in [6, 6.07) is 0.211. The van der Waals surface area contributed by atoms with Gasteiger partial charge in [-0.25, -0.2) is 0 Å². The Hall–Kier alpha value is -0.610. The Labute approximate surface area is 116 Å². The molecule has 2 unspecified atom stereocenters. The van der Waals surface area contributed by atoms with Gasteiger partial charge >= 0.3 is 0 Å². The van der Waals surface area contributed by atoms with E-state index in [1.54, 1.807) is 7.11 Å². The molecule has 0 bridgehead atoms. The number of hydrogen-bond acceptors (Lipinski definition) is 3. The van der Waals surface area contributed by atoms with Gasteiger partial charge in [-0.2, -0.15) is 0 Å². The van der Waals surface area contributed by atoms with Crippen LogP contribution in [0.5, 0.6) is 0 Å². The molecule has 1 amide bonds. The fourth-order valence-electron chi connectivity index (χ4n) is 3.40. The molecular weight excluding hydrogens is 240 g/mol. The molecule has 2 rings (SSSR count). The quantitative estimate of drug-likeness (QED) is 0.845. The van der Waals surface area contributed by atoms with Crippen LogP contribution >= 0.6 is 0 Å². The Morgan fingerprint density at radius 2 is 1.84 bits per heavy atom. The number of nitrogens with one attached hydrogen (secondary N) is 1. The van der Waals surface area contributed by atoms with Crippen LogP contribution in [0.4, 0.5) is 0 Å². The predicted octanol–water partition coefficient (Wildman–Crippen LogP) is 1.79. The monoisotopic (exact) mass is 268 g/mol. The van der Waals surface area contributed by atoms with Crippen LogP contribution in [0.15, 0.2) is 0 Å². The van der Waals surface area contributed by atoms with Crippen molar-refractivity contribution < 1.29 is 9.53 Å². The van der Waals surface area contributed by atoms with Crippen molar-refractivity contribution in [3.05, 3.63) is 0 Å². The van der Waals surface area contributed by atoms with Gasteiger partial charge in [0.15, 0.2) is 0 Å². The zero-order valence-corrected chi connectivity index (χ0v) is 13.2. The summed E-state index contributed by atoms with van der Waals surface area (Å²) in [5.74, 6) is 0.194. The Bertz CT molecular complexity index is 374. The topological polar surface area (TPSA) is 41.6 Å². The molecule has 19 heavy (non-hydrogen) atoms. The first-order valence-electron chi connectivity index (χ1n) is 7.23. The standard InChI is InChI=1S/C15H28N2O2/c1-13(2)11(10-14(13,3)19-6)16-12(18)15(17(4)5)8-7-9-15/h11H,7-10H2,1-6H3,(H,16,18). The van der Waals surface area contributed by atoms with E-state index in [0.29, 0.717) is 0 Å². The molecular formula is C15H28N2O2. The largest absolute Gasteiger partial charge is 0.378 e. The number of hydrogen-bond donors (Lipinski definition) is 1. The van der Waals surface area contributed by atoms with Gasteiger partial charge in [-0.3, -0.25) is 9.69 Å². The molecule has 1 N–H and O–H groups in total. The maximum absolute atomic E-state index is 12.6. The summed E-state index contributed by atoms with van der Waals surface area (Å²) < 4.78 is 5.61. The summed E-state index contributed by atoms with van der Waals surface area (Å²) in [4.78, 5) is 14.7. The number of carbonyl (C=O) groups excluding carboxylic acids is 1. The third-order valence-electron chi connectivity index (χ3n) is 6.04. The van der Waals surface area contributed by atoms with Gasteiger partial charge in [0.05, 0.1) is 11.1 Å². The van der Waals surface area contributed by atoms with E-state index in [1.165, 1.54) is 0 Å². The molecule has 4 heteroatoms. The number of amides is 1. The van der Waals surface area contributed by atoms with E-state index in [9.17, 15) is 4.79 Å². The lowest BCUT2D eigenvalue weighted by Crippen LogP contribution is -2.72. The van der Waals surface area contributed by atoms with Crippen molar-refractivity contribution in [2.75, 3.05) is 21.2 Å². The number of likely N-dealkylation sites (N-methyl/N-ethyl adjacent to an activating group) is 1. The highest BCUT2D eigenvalue weighted by Gasteiger charge is 2.59. The smallest absolute Gasteiger partial charge is 0.240 e. The molecule has 0 radical (unpaired) electrons. The Balaban J connectivity index is 2.02. The van der Waals surface area contributed by atoms with Crippen LogP contribution < -0.4 is 5.32 Å². The summed E-state index contributed by atoms with van der Waals surface area (Å²) >= 11 is 0. The van der Waals surface area contributed by atoms with Crippen LogP contribution in [0, 0.1) is 5.41 Å². The molecule has 0 spiro atoms. The molecule has 0 aromatic carbocycles. The first-order valence-corrected chi connectivity index (χ1v) is 7.23. The first-order chi connectivity index (χ1) is 8.69. The minimum Gasteiger partial charge on any atom is -0.378 e. The lowest BCUT2D eigenvalue weighted by atomic mass is 9.55. The minimum absolute atomic E-state index is 0.0192. The van der Waals surface area contributed by atoms with Crippen molar-refractivity contribution in [1.29, 1.82) is 0 Å². The fourth-order valence-corrected chi connectivity index (χ4v) is 3.40. The number of rotatable bonds is 4. The molecule has 0 aromatic rings. The van der Waals surface area contributed by atoms with Crippen LogP contribution in [0.25, 0.3) is 0 Å². The summed E-state index contributed by atoms with van der Waals surface area (Å²) in [5.41, 5.74) is -0.417. The van der Waals surface area contributed by atoms with Crippen molar-refractivity contribution in [3.8, 4) is 0 Å². The molecule has 2 saturated carbocycles. The average molecular weight is 268 g/mol. The van der Waals surface area contributed by atoms with E-state index in [-0.39, 0.29) is 28.5 Å². The van der Waals surface area contributed by atoms with Gasteiger partial charge in [-0.1, -0.05) is 13.8 Å². The molecule has 0 aliphatic heterocycles. The van der Waals surface area contributed by atoms with E-state index in [0.717, 1.165) is 25.7 Å². The normalized spacial score (nSPS) is 35.4. The van der Waals surface area contributed by atoms with Crippen molar-refractivity contribution in [3.63, 3.8) is 0 Å². The molecule has 2 atom stereocenters. The van der Waals surface area contributed by atoms with Crippen LogP contribution in [0.1, 0.15) is 46.5 Å². The van der Waals surface area contributed by atoms with E-state index in [1.807, 2.05) is 14.1 Å². The molecule has 0 saturated heterocycles. The van der Waals surface area contributed by atoms with Gasteiger partial charge in [0.25, 0.3) is 0 Å². The van der Waals surface area contributed by atoms with Crippen molar-refractivity contribution >= 4 is 5.91 Å². The molecule has 0 aromatic heterocycles. The zero-order valence-electron chi connectivity index (χ0n) is 13.2. The first kappa shape index (κ1) is 14.8. The summed E-state index contributed by atoms with van der Waals surface area (Å²) in [5, 5.41) is 3.26. The highest BCUT2D eigenvalue weighted by molar-refractivity contribution is 5.87. The lowest BCUT2D eigenvalue weighted by Gasteiger charge is -2.60. The summed E-state index contributed by atoms with van der Waals surface area (Å²) in [7, 11) is 5.76. The zero-order chi connectivity index (χ0) is 14.5. The van der Waals surface area contributed by atoms with Crippen LogP contribution in [0.3, 0.4) is 0 Å². The lowest BCUT2D eigenvalue weighted by molar-refractivity contribution is -0.185. The van der Waals surface area contributed by atoms with Crippen molar-refractivity contribution in [1.82, 2.24) is 10.2 Å². The number of nitrogens with zero attached hydrogens (tertiary/aromatic N) is 1. The summed E-state index contributed by atoms with van der Waals surface area (Å²) in [6.45, 7) is 6.48. The maximum Gasteiger partial charge on any atom is 0.240 e. The van der Waals surface area contributed by atoms with Crippen LogP contribution in [-0.2, 0) is 9.53 Å². The second-order valence-corrected chi connectivity index (χ2v) is 7.17. The highest BCUT2D eigenvalue weighted by Crippen LogP contribution is 2.52. The van der Waals surface area contributed by atoms with Crippen LogP contribution in [-0.4, -0.2) is 49.2 Å². The third kappa shape index (κ3) is 1.91. The number of carbonyl (C=O) groups is 1. The molecule has 2 aliphatic carbocycles. The second kappa shape index (κ2) is 4.45. The van der Waals surface area contributed by atoms with E-state index in [4.69, 9.17) is 4.74 Å². The molecule has 4 nitrogen and oxygen atoms in total. The second-order valence-electron chi connectivity index (χ2n) is 7.17. The predicted molar refractivity (Wildman–Crippen MR) is 76.0 cm³/mol. The van der Waals surface area contributed by atoms with Gasteiger partial charge < -0.3 is 10.1 Å². The third-order valence-corrected chi connectivity index (χ3v) is 6.04. The number of methoxy groups -OCH3 is 1. The van der Waals surface area contributed by atoms with Gasteiger partial charge in [-0.05, 0) is 46.7 Å². The Kier molecular flexibility index (Phi) is 3.47. The van der Waals surface area contributed by atoms with Crippen molar-refractivity contribution in [2.45, 2.75) is 63.6 Å². The van der Waals surface area contributed by atoms with Crippen molar-refractivity contribution in [2.24, 2.45) is 5.41 Å². The molecule has 2 aliphatic rings. The van der Waals surface area contributed by atoms with Crippen LogP contribution in [0.2, 0.25) is 0 Å². The van der Waals surface area contributed by atoms with Gasteiger partial charge in [-0.15, -0.1) is 0 Å². The van der Waals surface area contributed by atoms with Gasteiger partial charge in [0.2, 0.25) is 5.91 Å². The molecule has 2 fully saturated rings. The van der Waals surface area contributed by atoms with Gasteiger partial charge in [0, 0.05) is 18.6 Å². The van der Waals surface area contributed by atoms with E-state index < -0.39 is 0 Å². The Morgan fingerprint density at radius 3 is 2.16 bits per heavy atom. The Morgan fingerprint density at radius 1 is 1.26 bits per heavy atom. The fraction of sp³-hybridized carbons (Fsp3) is 0.933. The SMILES string of the molecule is COC1(C)CC(NC(=O)C2(N(C)C)CCC2)C1(C)C. The van der Waals surface area contributed by atoms with Gasteiger partial charge in [0.1, 0.15) is 0 Å². The maximum atomic E-state index is 12.6. The highest BCUT2D eigenvalue weighted by atomic mass is 16.5. The van der Waals surface area contributed by atoms with E-state index in [2.05, 4.69) is 31.0 Å². The summed E-state index contributed by atoms with van der Waals surface area (Å²) in [6.07, 6.45) is 3.99. The molecule has 0 heterocycles. The van der Waals surface area contributed by atoms with E-state index >= 15 is 0 Å².